The second kappa shape index (κ2) is 4.43. The number of fused-ring (bicyclic) bond motifs is 5. The fourth-order valence-corrected chi connectivity index (χ4v) is 3.84. The molecule has 4 aromatic rings. The molecule has 2 heteroatoms. The fourth-order valence-electron chi connectivity index (χ4n) is 2.98. The van der Waals surface area contributed by atoms with Crippen LogP contribution in [0.15, 0.2) is 53.9 Å². The zero-order valence-corrected chi connectivity index (χ0v) is 11.6. The molecule has 0 radical (unpaired) electrons. The maximum absolute atomic E-state index is 11.0. The molecule has 0 amide bonds. The Morgan fingerprint density at radius 3 is 2.75 bits per heavy atom. The highest BCUT2D eigenvalue weighted by molar-refractivity contribution is 7.17. The molecule has 0 aliphatic heterocycles. The van der Waals surface area contributed by atoms with Crippen molar-refractivity contribution in [3.05, 3.63) is 59.5 Å². The average Bonchev–Trinajstić information content (AvgIpc) is 2.95. The minimum absolute atomic E-state index is 0.471. The molecule has 0 bridgehead atoms. The Morgan fingerprint density at radius 2 is 1.85 bits per heavy atom. The molecule has 0 N–H and O–H groups in total. The predicted octanol–water partition coefficient (Wildman–Crippen LogP) is 4.95. The van der Waals surface area contributed by atoms with Crippen LogP contribution in [0.25, 0.3) is 31.6 Å². The Bertz CT molecular complexity index is 950. The average molecular weight is 276 g/mol. The molecule has 1 nitrogen and oxygen atoms in total. The quantitative estimate of drug-likeness (QED) is 0.374. The van der Waals surface area contributed by atoms with Gasteiger partial charge in [0.15, 0.2) is 0 Å². The van der Waals surface area contributed by atoms with Crippen molar-refractivity contribution in [3.63, 3.8) is 0 Å². The number of aldehydes is 1. The number of carbonyl (C=O) groups excluding carboxylic acids is 1. The van der Waals surface area contributed by atoms with Gasteiger partial charge < -0.3 is 4.79 Å². The van der Waals surface area contributed by atoms with E-state index in [-0.39, 0.29) is 0 Å². The normalized spacial score (nSPS) is 11.4. The molecule has 20 heavy (non-hydrogen) atoms. The van der Waals surface area contributed by atoms with Crippen LogP contribution in [-0.2, 0) is 11.2 Å². The summed E-state index contributed by atoms with van der Waals surface area (Å²) in [4.78, 5) is 11.0. The summed E-state index contributed by atoms with van der Waals surface area (Å²) in [6, 6.07) is 17.1. The van der Waals surface area contributed by atoms with Crippen molar-refractivity contribution in [1.29, 1.82) is 0 Å². The fraction of sp³-hybridized carbons (Fsp3) is 0.0556. The van der Waals surface area contributed by atoms with E-state index in [9.17, 15) is 4.79 Å². The first-order valence-electron chi connectivity index (χ1n) is 6.62. The van der Waals surface area contributed by atoms with Gasteiger partial charge in [-0.1, -0.05) is 36.4 Å². The van der Waals surface area contributed by atoms with Crippen molar-refractivity contribution in [2.24, 2.45) is 0 Å². The van der Waals surface area contributed by atoms with Gasteiger partial charge in [0, 0.05) is 16.5 Å². The molecular weight excluding hydrogens is 264 g/mol. The Morgan fingerprint density at radius 1 is 0.950 bits per heavy atom. The third-order valence-electron chi connectivity index (χ3n) is 3.84. The second-order valence-corrected chi connectivity index (χ2v) is 5.90. The smallest absolute Gasteiger partial charge is 0.124 e. The third-order valence-corrected chi connectivity index (χ3v) is 4.71. The topological polar surface area (TPSA) is 17.1 Å². The monoisotopic (exact) mass is 276 g/mol. The van der Waals surface area contributed by atoms with Crippen LogP contribution in [0, 0.1) is 0 Å². The van der Waals surface area contributed by atoms with Gasteiger partial charge in [0.1, 0.15) is 6.29 Å². The number of carbonyl (C=O) groups is 1. The van der Waals surface area contributed by atoms with Crippen LogP contribution in [0.3, 0.4) is 0 Å². The minimum Gasteiger partial charge on any atom is -0.303 e. The molecule has 0 saturated heterocycles. The van der Waals surface area contributed by atoms with Gasteiger partial charge >= 0.3 is 0 Å². The van der Waals surface area contributed by atoms with E-state index in [1.54, 1.807) is 11.3 Å². The number of rotatable bonds is 2. The Kier molecular flexibility index (Phi) is 2.57. The van der Waals surface area contributed by atoms with Gasteiger partial charge in [0.2, 0.25) is 0 Å². The van der Waals surface area contributed by atoms with Crippen LogP contribution >= 0.6 is 11.3 Å². The summed E-state index contributed by atoms with van der Waals surface area (Å²) in [7, 11) is 0. The largest absolute Gasteiger partial charge is 0.303 e. The molecule has 3 aromatic carbocycles. The highest BCUT2D eigenvalue weighted by atomic mass is 32.1. The van der Waals surface area contributed by atoms with Crippen LogP contribution in [0.4, 0.5) is 0 Å². The molecule has 1 aromatic heterocycles. The highest BCUT2D eigenvalue weighted by Gasteiger charge is 2.10. The van der Waals surface area contributed by atoms with Crippen molar-refractivity contribution < 1.29 is 4.79 Å². The van der Waals surface area contributed by atoms with E-state index < -0.39 is 0 Å². The molecule has 0 spiro atoms. The van der Waals surface area contributed by atoms with E-state index in [4.69, 9.17) is 0 Å². The van der Waals surface area contributed by atoms with Crippen molar-refractivity contribution in [1.82, 2.24) is 0 Å². The summed E-state index contributed by atoms with van der Waals surface area (Å²) in [5.74, 6) is 0. The molecule has 4 rings (SSSR count). The first kappa shape index (κ1) is 11.6. The number of thiophene rings is 1. The van der Waals surface area contributed by atoms with Crippen LogP contribution in [0.1, 0.15) is 5.56 Å². The Balaban J connectivity index is 2.30. The van der Waals surface area contributed by atoms with E-state index in [1.165, 1.54) is 31.6 Å². The minimum atomic E-state index is 0.471. The third kappa shape index (κ3) is 1.58. The summed E-state index contributed by atoms with van der Waals surface area (Å²) in [5.41, 5.74) is 1.13. The summed E-state index contributed by atoms with van der Waals surface area (Å²) >= 11 is 1.73. The summed E-state index contributed by atoms with van der Waals surface area (Å²) in [5, 5.41) is 8.33. The van der Waals surface area contributed by atoms with E-state index in [1.807, 2.05) is 0 Å². The summed E-state index contributed by atoms with van der Waals surface area (Å²) < 4.78 is 1.25. The predicted molar refractivity (Wildman–Crippen MR) is 86.6 cm³/mol. The van der Waals surface area contributed by atoms with E-state index >= 15 is 0 Å². The lowest BCUT2D eigenvalue weighted by Crippen LogP contribution is -1.90. The number of hydrogen-bond donors (Lipinski definition) is 0. The zero-order chi connectivity index (χ0) is 13.5. The van der Waals surface area contributed by atoms with Crippen LogP contribution < -0.4 is 0 Å². The maximum Gasteiger partial charge on any atom is 0.124 e. The number of hydrogen-bond acceptors (Lipinski definition) is 2. The summed E-state index contributed by atoms with van der Waals surface area (Å²) in [6.45, 7) is 0. The van der Waals surface area contributed by atoms with Gasteiger partial charge in [-0.25, -0.2) is 0 Å². The van der Waals surface area contributed by atoms with Crippen LogP contribution in [-0.4, -0.2) is 6.29 Å². The molecule has 0 saturated carbocycles. The second-order valence-electron chi connectivity index (χ2n) is 4.95. The lowest BCUT2D eigenvalue weighted by atomic mass is 9.94. The molecule has 1 heterocycles. The van der Waals surface area contributed by atoms with Crippen molar-refractivity contribution in [3.8, 4) is 0 Å². The highest BCUT2D eigenvalue weighted by Crippen LogP contribution is 2.36. The Labute approximate surface area is 120 Å². The van der Waals surface area contributed by atoms with Crippen molar-refractivity contribution >= 4 is 49.3 Å². The van der Waals surface area contributed by atoms with Crippen LogP contribution in [0.2, 0.25) is 0 Å². The SMILES string of the molecule is O=CCc1cc2sccc2c2ccc3ccccc3c12. The lowest BCUT2D eigenvalue weighted by molar-refractivity contribution is -0.107. The molecular formula is C18H12OS. The first-order chi connectivity index (χ1) is 9.88. The zero-order valence-electron chi connectivity index (χ0n) is 10.8. The Hall–Kier alpha value is -2.19. The first-order valence-corrected chi connectivity index (χ1v) is 7.50. The molecule has 0 unspecified atom stereocenters. The molecule has 0 atom stereocenters. The maximum atomic E-state index is 11.0. The summed E-state index contributed by atoms with van der Waals surface area (Å²) in [6.07, 6.45) is 1.47. The van der Waals surface area contributed by atoms with Gasteiger partial charge in [-0.15, -0.1) is 11.3 Å². The van der Waals surface area contributed by atoms with Crippen molar-refractivity contribution in [2.75, 3.05) is 0 Å². The number of benzene rings is 3. The molecule has 96 valence electrons. The van der Waals surface area contributed by atoms with Gasteiger partial charge in [0.05, 0.1) is 0 Å². The van der Waals surface area contributed by atoms with Crippen LogP contribution in [0.5, 0.6) is 0 Å². The van der Waals surface area contributed by atoms with E-state index in [0.717, 1.165) is 11.8 Å². The lowest BCUT2D eigenvalue weighted by Gasteiger charge is -2.09. The molecule has 0 aliphatic carbocycles. The van der Waals surface area contributed by atoms with Crippen molar-refractivity contribution in [2.45, 2.75) is 6.42 Å². The van der Waals surface area contributed by atoms with Gasteiger partial charge in [-0.3, -0.25) is 0 Å². The van der Waals surface area contributed by atoms with Gasteiger partial charge in [0.25, 0.3) is 0 Å². The van der Waals surface area contributed by atoms with Gasteiger partial charge in [-0.05, 0) is 44.6 Å². The van der Waals surface area contributed by atoms with Gasteiger partial charge in [-0.2, -0.15) is 0 Å². The van der Waals surface area contributed by atoms with E-state index in [2.05, 4.69) is 53.9 Å². The standard InChI is InChI=1S/C18H12OS/c19-9-7-13-11-17-15(8-10-20-17)16-6-5-12-3-1-2-4-14(12)18(13)16/h1-6,8-11H,7H2. The van der Waals surface area contributed by atoms with E-state index in [0.29, 0.717) is 6.42 Å². The molecule has 0 aliphatic rings. The molecule has 0 fully saturated rings.